The summed E-state index contributed by atoms with van der Waals surface area (Å²) in [7, 11) is -2.81. The first-order chi connectivity index (χ1) is 18.8. The molecule has 0 N–H and O–H groups in total. The van der Waals surface area contributed by atoms with Crippen molar-refractivity contribution in [3.05, 3.63) is 24.3 Å². The second kappa shape index (κ2) is 15.9. The number of Topliss-reactive ketones (excluding diaryl/α,β-unsaturated/α-hetero) is 1. The average Bonchev–Trinajstić information content (AvgIpc) is 3.11. The van der Waals surface area contributed by atoms with Gasteiger partial charge in [0.15, 0.2) is 22.4 Å². The van der Waals surface area contributed by atoms with Gasteiger partial charge in [0, 0.05) is 31.1 Å². The minimum absolute atomic E-state index is 0.00866. The number of esters is 1. The molecule has 236 valence electrons. The molecule has 0 aromatic carbocycles. The van der Waals surface area contributed by atoms with Crippen LogP contribution in [-0.2, 0) is 28.0 Å². The van der Waals surface area contributed by atoms with E-state index in [9.17, 15) is 14.4 Å². The number of ketones is 2. The maximum atomic E-state index is 13.4. The fourth-order valence-electron chi connectivity index (χ4n) is 4.54. The van der Waals surface area contributed by atoms with Crippen molar-refractivity contribution in [2.75, 3.05) is 7.11 Å². The number of ether oxygens (including phenoxy) is 1. The van der Waals surface area contributed by atoms with Crippen LogP contribution in [0, 0.1) is 11.8 Å². The molecule has 1 rings (SSSR count). The molecule has 0 spiro atoms. The van der Waals surface area contributed by atoms with E-state index in [0.717, 1.165) is 25.7 Å². The Hall–Kier alpha value is -1.36. The number of methoxy groups -OCH3 is 1. The Morgan fingerprint density at radius 3 is 2.15 bits per heavy atom. The number of carbonyl (C=O) groups is 3. The third-order valence-electron chi connectivity index (χ3n) is 9.32. The lowest BCUT2D eigenvalue weighted by atomic mass is 9.88. The van der Waals surface area contributed by atoms with Gasteiger partial charge in [-0.15, -0.1) is 0 Å². The smallest absolute Gasteiger partial charge is 0.305 e. The van der Waals surface area contributed by atoms with E-state index in [1.165, 1.54) is 13.2 Å². The molecule has 0 saturated heterocycles. The molecule has 0 heterocycles. The third kappa shape index (κ3) is 12.0. The normalized spacial score (nSPS) is 21.7. The van der Waals surface area contributed by atoms with Crippen LogP contribution in [0.2, 0.25) is 36.3 Å². The van der Waals surface area contributed by atoms with Crippen LogP contribution in [0.1, 0.15) is 99.8 Å². The van der Waals surface area contributed by atoms with Gasteiger partial charge in [0.05, 0.1) is 19.3 Å². The predicted octanol–water partition coefficient (Wildman–Crippen LogP) is 8.58. The quantitative estimate of drug-likeness (QED) is 0.0574. The second-order valence-corrected chi connectivity index (χ2v) is 24.3. The van der Waals surface area contributed by atoms with Gasteiger partial charge in [-0.1, -0.05) is 86.0 Å². The zero-order valence-corrected chi connectivity index (χ0v) is 30.2. The van der Waals surface area contributed by atoms with Crippen molar-refractivity contribution < 1.29 is 28.0 Å². The van der Waals surface area contributed by atoms with Gasteiger partial charge in [-0.3, -0.25) is 14.4 Å². The largest absolute Gasteiger partial charge is 0.469 e. The van der Waals surface area contributed by atoms with Crippen molar-refractivity contribution in [2.24, 2.45) is 11.8 Å². The SMILES string of the molecule is CCCCCC(C=C[C@H]1C(O[Si](C)(C)C(C)(C)C)CC(=O)[C@@H]1CC(=O)C=CCCC(=O)OC)O[Si](C)(C)C(C)(C)C. The number of rotatable bonds is 16. The van der Waals surface area contributed by atoms with Crippen LogP contribution in [-0.4, -0.2) is 53.5 Å². The van der Waals surface area contributed by atoms with E-state index in [4.69, 9.17) is 8.85 Å². The summed E-state index contributed by atoms with van der Waals surface area (Å²) in [6, 6.07) is 0. The maximum Gasteiger partial charge on any atom is 0.305 e. The van der Waals surface area contributed by atoms with Crippen LogP contribution in [0.25, 0.3) is 0 Å². The number of carbonyl (C=O) groups excluding carboxylic acids is 3. The lowest BCUT2D eigenvalue weighted by molar-refractivity contribution is -0.140. The monoisotopic (exact) mass is 608 g/mol. The molecule has 1 aliphatic rings. The van der Waals surface area contributed by atoms with Gasteiger partial charge in [-0.05, 0) is 55.2 Å². The molecule has 1 saturated carbocycles. The summed E-state index contributed by atoms with van der Waals surface area (Å²) in [4.78, 5) is 37.7. The molecule has 0 aromatic heterocycles. The Morgan fingerprint density at radius 1 is 1.00 bits per heavy atom. The summed E-state index contributed by atoms with van der Waals surface area (Å²) in [5, 5.41) is 0.102. The van der Waals surface area contributed by atoms with E-state index < -0.39 is 22.6 Å². The highest BCUT2D eigenvalue weighted by molar-refractivity contribution is 6.74. The van der Waals surface area contributed by atoms with E-state index >= 15 is 0 Å². The zero-order valence-electron chi connectivity index (χ0n) is 28.2. The van der Waals surface area contributed by atoms with Gasteiger partial charge < -0.3 is 13.6 Å². The van der Waals surface area contributed by atoms with Gasteiger partial charge in [-0.2, -0.15) is 0 Å². The van der Waals surface area contributed by atoms with Crippen LogP contribution >= 0.6 is 0 Å². The third-order valence-corrected chi connectivity index (χ3v) is 18.3. The molecule has 2 unspecified atom stereocenters. The standard InChI is InChI=1S/C33H60O6Si2/c1-13-14-15-19-26(38-40(9,10)32(2,3)4)21-22-27-28(23-25(34)18-16-17-20-31(36)37-8)29(35)24-30(27)39-41(11,12)33(5,6)7/h16,18,21-22,26-28,30H,13-15,17,19-20,23-24H2,1-12H3/t26?,27-,28-,30?/m1/s1. The van der Waals surface area contributed by atoms with Gasteiger partial charge >= 0.3 is 5.97 Å². The molecule has 0 aliphatic heterocycles. The summed E-state index contributed by atoms with van der Waals surface area (Å²) in [6.07, 6.45) is 12.7. The van der Waals surface area contributed by atoms with Gasteiger partial charge in [-0.25, -0.2) is 0 Å². The Balaban J connectivity index is 3.30. The first-order valence-electron chi connectivity index (χ1n) is 15.6. The summed E-state index contributed by atoms with van der Waals surface area (Å²) in [5.74, 6) is -0.926. The molecule has 0 amide bonds. The molecular weight excluding hydrogens is 549 g/mol. The lowest BCUT2D eigenvalue weighted by Crippen LogP contribution is -2.45. The molecule has 41 heavy (non-hydrogen) atoms. The first-order valence-corrected chi connectivity index (χ1v) is 21.4. The number of hydrogen-bond acceptors (Lipinski definition) is 6. The van der Waals surface area contributed by atoms with Gasteiger partial charge in [0.1, 0.15) is 5.78 Å². The highest BCUT2D eigenvalue weighted by Gasteiger charge is 2.47. The van der Waals surface area contributed by atoms with E-state index in [1.54, 1.807) is 6.08 Å². The van der Waals surface area contributed by atoms with Gasteiger partial charge in [0.25, 0.3) is 0 Å². The number of allylic oxidation sites excluding steroid dienone is 2. The molecule has 0 aromatic rings. The lowest BCUT2D eigenvalue weighted by Gasteiger charge is -2.40. The molecule has 1 aliphatic carbocycles. The summed E-state index contributed by atoms with van der Waals surface area (Å²) < 4.78 is 18.4. The van der Waals surface area contributed by atoms with Crippen molar-refractivity contribution in [2.45, 2.75) is 148 Å². The summed E-state index contributed by atoms with van der Waals surface area (Å²) in [5.41, 5.74) is 0. The van der Waals surface area contributed by atoms with Crippen LogP contribution in [0.5, 0.6) is 0 Å². The van der Waals surface area contributed by atoms with E-state index in [0.29, 0.717) is 12.8 Å². The fourth-order valence-corrected chi connectivity index (χ4v) is 7.20. The fraction of sp³-hybridized carbons (Fsp3) is 0.788. The topological polar surface area (TPSA) is 78.9 Å². The zero-order chi connectivity index (χ0) is 31.6. The molecule has 0 radical (unpaired) electrons. The minimum Gasteiger partial charge on any atom is -0.469 e. The highest BCUT2D eigenvalue weighted by Crippen LogP contribution is 2.43. The second-order valence-electron chi connectivity index (χ2n) is 14.8. The highest BCUT2D eigenvalue weighted by atomic mass is 28.4. The molecule has 4 atom stereocenters. The minimum atomic E-state index is -2.15. The Kier molecular flexibility index (Phi) is 14.6. The Labute approximate surface area is 253 Å². The maximum absolute atomic E-state index is 13.4. The predicted molar refractivity (Wildman–Crippen MR) is 174 cm³/mol. The van der Waals surface area contributed by atoms with E-state index in [1.807, 2.05) is 0 Å². The molecule has 8 heteroatoms. The van der Waals surface area contributed by atoms with E-state index in [2.05, 4.69) is 91.5 Å². The molecule has 1 fully saturated rings. The van der Waals surface area contributed by atoms with Crippen LogP contribution < -0.4 is 0 Å². The van der Waals surface area contributed by atoms with Crippen LogP contribution in [0.3, 0.4) is 0 Å². The van der Waals surface area contributed by atoms with Crippen molar-refractivity contribution in [3.8, 4) is 0 Å². The summed E-state index contributed by atoms with van der Waals surface area (Å²) >= 11 is 0. The first kappa shape index (κ1) is 37.7. The van der Waals surface area contributed by atoms with Crippen molar-refractivity contribution in [1.82, 2.24) is 0 Å². The van der Waals surface area contributed by atoms with Crippen molar-refractivity contribution in [1.29, 1.82) is 0 Å². The van der Waals surface area contributed by atoms with E-state index in [-0.39, 0.29) is 58.6 Å². The van der Waals surface area contributed by atoms with Crippen molar-refractivity contribution in [3.63, 3.8) is 0 Å². The van der Waals surface area contributed by atoms with Gasteiger partial charge in [0.2, 0.25) is 0 Å². The molecular formula is C33H60O6Si2. The number of unbranched alkanes of at least 4 members (excludes halogenated alkanes) is 2. The number of hydrogen-bond donors (Lipinski definition) is 0. The van der Waals surface area contributed by atoms with Crippen LogP contribution in [0.4, 0.5) is 0 Å². The molecule has 0 bridgehead atoms. The average molecular weight is 609 g/mol. The van der Waals surface area contributed by atoms with Crippen molar-refractivity contribution >= 4 is 34.2 Å². The summed E-state index contributed by atoms with van der Waals surface area (Å²) in [6.45, 7) is 24.6. The Bertz CT molecular complexity index is 923. The molecule has 6 nitrogen and oxygen atoms in total. The van der Waals surface area contributed by atoms with Crippen LogP contribution in [0.15, 0.2) is 24.3 Å². The Morgan fingerprint density at radius 2 is 1.61 bits per heavy atom.